The number of alkyl halides is 3. The Kier molecular flexibility index (Phi) is 4.24. The Bertz CT molecular complexity index is 506. The maximum absolute atomic E-state index is 12.6. The summed E-state index contributed by atoms with van der Waals surface area (Å²) >= 11 is 0. The lowest BCUT2D eigenvalue weighted by atomic mass is 10.1. The number of carbonyl (C=O) groups is 1. The van der Waals surface area contributed by atoms with E-state index in [9.17, 15) is 23.1 Å². The topological polar surface area (TPSA) is 46.5 Å². The minimum absolute atomic E-state index is 0.139. The zero-order valence-electron chi connectivity index (χ0n) is 10.4. The molecule has 0 aliphatic carbocycles. The van der Waals surface area contributed by atoms with Gasteiger partial charge in [-0.2, -0.15) is 13.2 Å². The highest BCUT2D eigenvalue weighted by atomic mass is 19.4. The van der Waals surface area contributed by atoms with Crippen LogP contribution in [-0.2, 0) is 15.7 Å². The van der Waals surface area contributed by atoms with Crippen LogP contribution >= 0.6 is 0 Å². The fraction of sp³-hybridized carbons (Fsp3) is 0.308. The standard InChI is InChI=1S/C13H13F3O3/c1-7(2)12(18)19-8(3)9-4-5-11(17)10(6-9)13(14,15)16/h4-6,8,17H,1H2,2-3H3. The summed E-state index contributed by atoms with van der Waals surface area (Å²) in [6.07, 6.45) is -5.54. The largest absolute Gasteiger partial charge is 0.507 e. The van der Waals surface area contributed by atoms with Crippen LogP contribution in [0.25, 0.3) is 0 Å². The number of esters is 1. The summed E-state index contributed by atoms with van der Waals surface area (Å²) in [5, 5.41) is 9.18. The van der Waals surface area contributed by atoms with Crippen molar-refractivity contribution in [2.45, 2.75) is 26.1 Å². The first-order valence-electron chi connectivity index (χ1n) is 5.39. The predicted octanol–water partition coefficient (Wildman–Crippen LogP) is 3.59. The van der Waals surface area contributed by atoms with Gasteiger partial charge in [-0.25, -0.2) is 4.79 Å². The fourth-order valence-corrected chi connectivity index (χ4v) is 1.36. The molecule has 0 spiro atoms. The first kappa shape index (κ1) is 15.1. The molecule has 0 aliphatic heterocycles. The van der Waals surface area contributed by atoms with E-state index in [1.807, 2.05) is 0 Å². The molecule has 1 aromatic carbocycles. The molecule has 0 fully saturated rings. The van der Waals surface area contributed by atoms with Gasteiger partial charge in [-0.15, -0.1) is 0 Å². The average molecular weight is 274 g/mol. The molecule has 19 heavy (non-hydrogen) atoms. The van der Waals surface area contributed by atoms with Crippen molar-refractivity contribution in [3.8, 4) is 5.75 Å². The van der Waals surface area contributed by atoms with Crippen LogP contribution in [-0.4, -0.2) is 11.1 Å². The van der Waals surface area contributed by atoms with E-state index in [0.717, 1.165) is 12.1 Å². The Balaban J connectivity index is 3.02. The highest BCUT2D eigenvalue weighted by Gasteiger charge is 2.34. The van der Waals surface area contributed by atoms with Crippen molar-refractivity contribution in [1.82, 2.24) is 0 Å². The van der Waals surface area contributed by atoms with Crippen LogP contribution in [0.2, 0.25) is 0 Å². The lowest BCUT2D eigenvalue weighted by Crippen LogP contribution is -2.11. The van der Waals surface area contributed by atoms with Gasteiger partial charge in [0.25, 0.3) is 0 Å². The number of carbonyl (C=O) groups excluding carboxylic acids is 1. The number of phenols is 1. The van der Waals surface area contributed by atoms with Gasteiger partial charge in [0.15, 0.2) is 0 Å². The normalized spacial score (nSPS) is 12.9. The zero-order chi connectivity index (χ0) is 14.8. The third kappa shape index (κ3) is 3.74. The molecule has 3 nitrogen and oxygen atoms in total. The van der Waals surface area contributed by atoms with Gasteiger partial charge in [0.05, 0.1) is 5.56 Å². The van der Waals surface area contributed by atoms with Crippen molar-refractivity contribution in [3.05, 3.63) is 41.5 Å². The lowest BCUT2D eigenvalue weighted by Gasteiger charge is -2.16. The van der Waals surface area contributed by atoms with Crippen molar-refractivity contribution in [1.29, 1.82) is 0 Å². The van der Waals surface area contributed by atoms with E-state index in [1.54, 1.807) is 0 Å². The second kappa shape index (κ2) is 5.34. The molecule has 1 unspecified atom stereocenters. The minimum atomic E-state index is -4.67. The summed E-state index contributed by atoms with van der Waals surface area (Å²) < 4.78 is 42.7. The van der Waals surface area contributed by atoms with Crippen molar-refractivity contribution < 1.29 is 27.8 Å². The van der Waals surface area contributed by atoms with E-state index < -0.39 is 29.6 Å². The van der Waals surface area contributed by atoms with Gasteiger partial charge in [-0.05, 0) is 31.5 Å². The molecular formula is C13H13F3O3. The average Bonchev–Trinajstić information content (AvgIpc) is 2.27. The van der Waals surface area contributed by atoms with Crippen molar-refractivity contribution in [2.75, 3.05) is 0 Å². The molecule has 0 aliphatic rings. The van der Waals surface area contributed by atoms with E-state index in [1.165, 1.54) is 19.9 Å². The molecule has 104 valence electrons. The van der Waals surface area contributed by atoms with Crippen molar-refractivity contribution >= 4 is 5.97 Å². The highest BCUT2D eigenvalue weighted by molar-refractivity contribution is 5.87. The van der Waals surface area contributed by atoms with Crippen LogP contribution in [0, 0.1) is 0 Å². The van der Waals surface area contributed by atoms with Gasteiger partial charge in [0.1, 0.15) is 11.9 Å². The molecule has 0 aromatic heterocycles. The third-order valence-corrected chi connectivity index (χ3v) is 2.43. The number of ether oxygens (including phenoxy) is 1. The Morgan fingerprint density at radius 1 is 1.42 bits per heavy atom. The summed E-state index contributed by atoms with van der Waals surface area (Å²) in [5.41, 5.74) is -0.871. The first-order valence-corrected chi connectivity index (χ1v) is 5.39. The lowest BCUT2D eigenvalue weighted by molar-refractivity contribution is -0.143. The molecule has 1 N–H and O–H groups in total. The van der Waals surface area contributed by atoms with E-state index in [2.05, 4.69) is 6.58 Å². The van der Waals surface area contributed by atoms with E-state index >= 15 is 0 Å². The van der Waals surface area contributed by atoms with Crippen LogP contribution in [0.1, 0.15) is 31.1 Å². The van der Waals surface area contributed by atoms with E-state index in [4.69, 9.17) is 4.74 Å². The summed E-state index contributed by atoms with van der Waals surface area (Å²) in [4.78, 5) is 11.3. The third-order valence-electron chi connectivity index (χ3n) is 2.43. The van der Waals surface area contributed by atoms with Gasteiger partial charge < -0.3 is 9.84 Å². The Hall–Kier alpha value is -1.98. The van der Waals surface area contributed by atoms with E-state index in [0.29, 0.717) is 0 Å². The number of hydrogen-bond acceptors (Lipinski definition) is 3. The maximum Gasteiger partial charge on any atom is 0.419 e. The van der Waals surface area contributed by atoms with Gasteiger partial charge in [0.2, 0.25) is 0 Å². The second-order valence-corrected chi connectivity index (χ2v) is 4.10. The monoisotopic (exact) mass is 274 g/mol. The molecule has 0 radical (unpaired) electrons. The van der Waals surface area contributed by atoms with Crippen LogP contribution in [0.15, 0.2) is 30.4 Å². The van der Waals surface area contributed by atoms with Gasteiger partial charge in [-0.1, -0.05) is 12.6 Å². The number of aromatic hydroxyl groups is 1. The van der Waals surface area contributed by atoms with Crippen LogP contribution in [0.3, 0.4) is 0 Å². The Morgan fingerprint density at radius 2 is 2.00 bits per heavy atom. The SMILES string of the molecule is C=C(C)C(=O)OC(C)c1ccc(O)c(C(F)(F)F)c1. The highest BCUT2D eigenvalue weighted by Crippen LogP contribution is 2.37. The predicted molar refractivity (Wildman–Crippen MR) is 62.4 cm³/mol. The molecular weight excluding hydrogens is 261 g/mol. The number of phenolic OH excluding ortho intramolecular Hbond substituents is 1. The van der Waals surface area contributed by atoms with Gasteiger partial charge >= 0.3 is 12.1 Å². The zero-order valence-corrected chi connectivity index (χ0v) is 10.4. The summed E-state index contributed by atoms with van der Waals surface area (Å²) in [6.45, 7) is 6.25. The number of halogens is 3. The summed E-state index contributed by atoms with van der Waals surface area (Å²) in [6, 6.07) is 2.94. The molecule has 0 saturated carbocycles. The van der Waals surface area contributed by atoms with Crippen LogP contribution in [0.5, 0.6) is 5.75 Å². The molecule has 0 heterocycles. The minimum Gasteiger partial charge on any atom is -0.507 e. The molecule has 1 atom stereocenters. The fourth-order valence-electron chi connectivity index (χ4n) is 1.36. The second-order valence-electron chi connectivity index (χ2n) is 4.10. The van der Waals surface area contributed by atoms with Gasteiger partial charge in [-0.3, -0.25) is 0 Å². The maximum atomic E-state index is 12.6. The summed E-state index contributed by atoms with van der Waals surface area (Å²) in [7, 11) is 0. The number of hydrogen-bond donors (Lipinski definition) is 1. The quantitative estimate of drug-likeness (QED) is 0.676. The molecule has 6 heteroatoms. The molecule has 1 aromatic rings. The van der Waals surface area contributed by atoms with Gasteiger partial charge in [0, 0.05) is 5.57 Å². The Morgan fingerprint density at radius 3 is 2.47 bits per heavy atom. The first-order chi connectivity index (χ1) is 8.62. The van der Waals surface area contributed by atoms with Crippen molar-refractivity contribution in [2.24, 2.45) is 0 Å². The van der Waals surface area contributed by atoms with Crippen molar-refractivity contribution in [3.63, 3.8) is 0 Å². The number of rotatable bonds is 3. The number of benzene rings is 1. The van der Waals surface area contributed by atoms with Crippen LogP contribution < -0.4 is 0 Å². The van der Waals surface area contributed by atoms with Crippen LogP contribution in [0.4, 0.5) is 13.2 Å². The molecule has 1 rings (SSSR count). The summed E-state index contributed by atoms with van der Waals surface area (Å²) in [5.74, 6) is -1.55. The smallest absolute Gasteiger partial charge is 0.419 e. The molecule has 0 amide bonds. The molecule has 0 bridgehead atoms. The Labute approximate surface area is 108 Å². The molecule has 0 saturated heterocycles. The van der Waals surface area contributed by atoms with E-state index in [-0.39, 0.29) is 11.1 Å².